The van der Waals surface area contributed by atoms with Crippen molar-refractivity contribution in [3.8, 4) is 0 Å². The molecule has 3 nitrogen and oxygen atoms in total. The molecule has 0 aliphatic heterocycles. The molecule has 2 unspecified atom stereocenters. The minimum absolute atomic E-state index is 0.0668. The highest BCUT2D eigenvalue weighted by atomic mass is 19.3. The van der Waals surface area contributed by atoms with E-state index in [9.17, 15) is 13.9 Å². The number of aliphatic hydroxyl groups is 1. The quantitative estimate of drug-likeness (QED) is 0.882. The number of hydrogen-bond donors (Lipinski definition) is 2. The SMILES string of the molecule is Cc1cc2[nH]c(CC(C)(O)CC(C)C(F)F)cc2cn1. The molecule has 2 aromatic heterocycles. The maximum absolute atomic E-state index is 12.6. The number of alkyl halides is 2. The maximum atomic E-state index is 12.6. The molecule has 0 saturated heterocycles. The van der Waals surface area contributed by atoms with Gasteiger partial charge in [0.1, 0.15) is 0 Å². The predicted molar refractivity (Wildman–Crippen MR) is 74.9 cm³/mol. The van der Waals surface area contributed by atoms with Gasteiger partial charge in [-0.2, -0.15) is 0 Å². The van der Waals surface area contributed by atoms with E-state index in [1.54, 1.807) is 13.1 Å². The zero-order valence-electron chi connectivity index (χ0n) is 12.0. The second kappa shape index (κ2) is 5.48. The molecule has 2 atom stereocenters. The van der Waals surface area contributed by atoms with E-state index in [2.05, 4.69) is 9.97 Å². The van der Waals surface area contributed by atoms with E-state index in [0.29, 0.717) is 6.42 Å². The van der Waals surface area contributed by atoms with E-state index in [-0.39, 0.29) is 6.42 Å². The van der Waals surface area contributed by atoms with Crippen molar-refractivity contribution in [1.29, 1.82) is 0 Å². The summed E-state index contributed by atoms with van der Waals surface area (Å²) in [4.78, 5) is 7.41. The fraction of sp³-hybridized carbons (Fsp3) is 0.533. The van der Waals surface area contributed by atoms with Gasteiger partial charge in [-0.05, 0) is 32.4 Å². The van der Waals surface area contributed by atoms with Gasteiger partial charge in [0.2, 0.25) is 6.43 Å². The molecule has 0 aromatic carbocycles. The Labute approximate surface area is 117 Å². The van der Waals surface area contributed by atoms with Gasteiger partial charge in [0.25, 0.3) is 0 Å². The number of halogens is 2. The lowest BCUT2D eigenvalue weighted by Gasteiger charge is -2.26. The number of nitrogens with one attached hydrogen (secondary N) is 1. The van der Waals surface area contributed by atoms with Gasteiger partial charge in [0.05, 0.1) is 5.60 Å². The summed E-state index contributed by atoms with van der Waals surface area (Å²) in [6.45, 7) is 4.96. The highest BCUT2D eigenvalue weighted by Gasteiger charge is 2.28. The number of pyridine rings is 1. The van der Waals surface area contributed by atoms with Crippen molar-refractivity contribution in [2.24, 2.45) is 5.92 Å². The molecule has 2 N–H and O–H groups in total. The third-order valence-corrected chi connectivity index (χ3v) is 3.46. The van der Waals surface area contributed by atoms with Gasteiger partial charge in [-0.3, -0.25) is 4.98 Å². The van der Waals surface area contributed by atoms with E-state index < -0.39 is 17.9 Å². The smallest absolute Gasteiger partial charge is 0.241 e. The molecule has 2 heterocycles. The summed E-state index contributed by atoms with van der Waals surface area (Å²) in [6.07, 6.45) is -0.257. The van der Waals surface area contributed by atoms with Crippen molar-refractivity contribution in [1.82, 2.24) is 9.97 Å². The molecule has 110 valence electrons. The van der Waals surface area contributed by atoms with Crippen molar-refractivity contribution in [3.63, 3.8) is 0 Å². The van der Waals surface area contributed by atoms with E-state index >= 15 is 0 Å². The summed E-state index contributed by atoms with van der Waals surface area (Å²) in [5.41, 5.74) is 1.53. The zero-order chi connectivity index (χ0) is 14.9. The second-order valence-electron chi connectivity index (χ2n) is 5.90. The van der Waals surface area contributed by atoms with E-state index in [0.717, 1.165) is 22.3 Å². The molecule has 0 aliphatic rings. The van der Waals surface area contributed by atoms with Gasteiger partial charge in [0, 0.05) is 40.8 Å². The summed E-state index contributed by atoms with van der Waals surface area (Å²) in [7, 11) is 0. The van der Waals surface area contributed by atoms with Crippen LogP contribution in [0, 0.1) is 12.8 Å². The van der Waals surface area contributed by atoms with Crippen LogP contribution in [0.1, 0.15) is 31.7 Å². The third kappa shape index (κ3) is 3.54. The van der Waals surface area contributed by atoms with Crippen molar-refractivity contribution in [3.05, 3.63) is 29.7 Å². The molecule has 20 heavy (non-hydrogen) atoms. The molecule has 0 radical (unpaired) electrons. The van der Waals surface area contributed by atoms with Crippen LogP contribution < -0.4 is 0 Å². The van der Waals surface area contributed by atoms with Crippen LogP contribution >= 0.6 is 0 Å². The predicted octanol–water partition coefficient (Wildman–Crippen LogP) is 3.46. The molecular weight excluding hydrogens is 262 g/mol. The minimum atomic E-state index is -2.41. The van der Waals surface area contributed by atoms with Gasteiger partial charge in [-0.1, -0.05) is 6.92 Å². The lowest BCUT2D eigenvalue weighted by atomic mass is 9.89. The van der Waals surface area contributed by atoms with Crippen LogP contribution in [0.3, 0.4) is 0 Å². The molecule has 0 amide bonds. The summed E-state index contributed by atoms with van der Waals surface area (Å²) in [5.74, 6) is -0.821. The maximum Gasteiger partial charge on any atom is 0.241 e. The Bertz CT molecular complexity index is 593. The molecule has 0 saturated carbocycles. The van der Waals surface area contributed by atoms with Crippen LogP contribution in [0.15, 0.2) is 18.3 Å². The average molecular weight is 282 g/mol. The third-order valence-electron chi connectivity index (χ3n) is 3.46. The van der Waals surface area contributed by atoms with E-state index in [1.807, 2.05) is 19.1 Å². The highest BCUT2D eigenvalue weighted by molar-refractivity contribution is 5.79. The monoisotopic (exact) mass is 282 g/mol. The first-order valence-electron chi connectivity index (χ1n) is 6.71. The van der Waals surface area contributed by atoms with E-state index in [4.69, 9.17) is 0 Å². The minimum Gasteiger partial charge on any atom is -0.390 e. The molecule has 2 rings (SSSR count). The number of aromatic nitrogens is 2. The van der Waals surface area contributed by atoms with Gasteiger partial charge in [-0.25, -0.2) is 8.78 Å². The molecule has 0 aliphatic carbocycles. The van der Waals surface area contributed by atoms with Crippen LogP contribution in [0.5, 0.6) is 0 Å². The molecule has 0 bridgehead atoms. The van der Waals surface area contributed by atoms with E-state index in [1.165, 1.54) is 6.92 Å². The first-order valence-corrected chi connectivity index (χ1v) is 6.71. The van der Waals surface area contributed by atoms with Crippen LogP contribution in [0.25, 0.3) is 10.9 Å². The Hall–Kier alpha value is -1.49. The Morgan fingerprint density at radius 3 is 2.75 bits per heavy atom. The largest absolute Gasteiger partial charge is 0.390 e. The highest BCUT2D eigenvalue weighted by Crippen LogP contribution is 2.26. The van der Waals surface area contributed by atoms with Gasteiger partial charge in [0.15, 0.2) is 0 Å². The van der Waals surface area contributed by atoms with Crippen molar-refractivity contribution >= 4 is 10.9 Å². The molecule has 0 spiro atoms. The molecular formula is C15H20F2N2O. The van der Waals surface area contributed by atoms with Crippen molar-refractivity contribution in [2.75, 3.05) is 0 Å². The summed E-state index contributed by atoms with van der Waals surface area (Å²) >= 11 is 0. The van der Waals surface area contributed by atoms with Crippen LogP contribution in [0.4, 0.5) is 8.78 Å². The second-order valence-corrected chi connectivity index (χ2v) is 5.90. The topological polar surface area (TPSA) is 48.9 Å². The number of rotatable bonds is 5. The number of H-pyrrole nitrogens is 1. The average Bonchev–Trinajstić information content (AvgIpc) is 2.68. The number of nitrogens with zero attached hydrogens (tertiary/aromatic N) is 1. The standard InChI is InChI=1S/C15H20F2N2O/c1-9(14(16)17)6-15(3,20)7-12-5-11-8-18-10(2)4-13(11)19-12/h4-5,8-9,14,19-20H,6-7H2,1-3H3. The lowest BCUT2D eigenvalue weighted by Crippen LogP contribution is -2.31. The Morgan fingerprint density at radius 1 is 1.40 bits per heavy atom. The van der Waals surface area contributed by atoms with Gasteiger partial charge >= 0.3 is 0 Å². The van der Waals surface area contributed by atoms with Gasteiger partial charge < -0.3 is 10.1 Å². The van der Waals surface area contributed by atoms with Crippen molar-refractivity contribution < 1.29 is 13.9 Å². The van der Waals surface area contributed by atoms with Crippen LogP contribution in [-0.2, 0) is 6.42 Å². The first kappa shape index (κ1) is 14.9. The Balaban J connectivity index is 2.14. The fourth-order valence-corrected chi connectivity index (χ4v) is 2.55. The van der Waals surface area contributed by atoms with Crippen molar-refractivity contribution in [2.45, 2.75) is 45.6 Å². The molecule has 0 fully saturated rings. The molecule has 2 aromatic rings. The normalized spacial score (nSPS) is 16.6. The summed E-state index contributed by atoms with van der Waals surface area (Å²) in [5, 5.41) is 11.3. The fourth-order valence-electron chi connectivity index (χ4n) is 2.55. The number of hydrogen-bond acceptors (Lipinski definition) is 2. The summed E-state index contributed by atoms with van der Waals surface area (Å²) < 4.78 is 25.2. The number of aryl methyl sites for hydroxylation is 1. The zero-order valence-corrected chi connectivity index (χ0v) is 12.0. The summed E-state index contributed by atoms with van der Waals surface area (Å²) in [6, 6.07) is 3.83. The number of fused-ring (bicyclic) bond motifs is 1. The number of aromatic amines is 1. The Kier molecular flexibility index (Phi) is 4.09. The van der Waals surface area contributed by atoms with Gasteiger partial charge in [-0.15, -0.1) is 0 Å². The molecule has 5 heteroatoms. The Morgan fingerprint density at radius 2 is 2.10 bits per heavy atom. The van der Waals surface area contributed by atoms with Crippen LogP contribution in [0.2, 0.25) is 0 Å². The first-order chi connectivity index (χ1) is 9.27. The van der Waals surface area contributed by atoms with Crippen LogP contribution in [-0.4, -0.2) is 27.1 Å². The lowest BCUT2D eigenvalue weighted by molar-refractivity contribution is -0.00547.